The monoisotopic (exact) mass is 409 g/mol. The van der Waals surface area contributed by atoms with E-state index in [1.807, 2.05) is 19.2 Å². The third-order valence-electron chi connectivity index (χ3n) is 4.27. The molecular weight excluding hydrogens is 386 g/mol. The van der Waals surface area contributed by atoms with E-state index in [9.17, 15) is 13.2 Å². The molecule has 1 aliphatic rings. The maximum Gasteiger partial charge on any atom is 0.257 e. The molecule has 1 aliphatic heterocycles. The first-order valence-electron chi connectivity index (χ1n) is 8.83. The van der Waals surface area contributed by atoms with E-state index in [2.05, 4.69) is 15.0 Å². The fourth-order valence-electron chi connectivity index (χ4n) is 2.67. The molecule has 1 aromatic carbocycles. The third kappa shape index (κ3) is 5.13. The normalized spacial score (nSPS) is 17.4. The van der Waals surface area contributed by atoms with Crippen LogP contribution in [0, 0.1) is 0 Å². The number of nitrogens with one attached hydrogen (secondary N) is 2. The van der Waals surface area contributed by atoms with Crippen molar-refractivity contribution in [1.29, 1.82) is 0 Å². The first-order valence-corrected chi connectivity index (χ1v) is 11.2. The highest BCUT2D eigenvalue weighted by Gasteiger charge is 2.21. The molecule has 1 saturated heterocycles. The standard InChI is InChI=1S/C18H23N3O4S2/c1-12(2)16-11-26-18(20-16)21-17(22)13-5-3-7-15(9-13)27(23,24)19-10-14-6-4-8-25-14/h3,5,7,9,11-12,14,19H,4,6,8,10H2,1-2H3,(H,20,21,22). The summed E-state index contributed by atoms with van der Waals surface area (Å²) in [5.74, 6) is -0.119. The molecular formula is C18H23N3O4S2. The van der Waals surface area contributed by atoms with Crippen molar-refractivity contribution in [2.24, 2.45) is 0 Å². The fraction of sp³-hybridized carbons (Fsp3) is 0.444. The maximum absolute atomic E-state index is 12.5. The molecule has 146 valence electrons. The molecule has 7 nitrogen and oxygen atoms in total. The summed E-state index contributed by atoms with van der Waals surface area (Å²) in [4.78, 5) is 16.9. The van der Waals surface area contributed by atoms with Gasteiger partial charge < -0.3 is 4.74 Å². The second-order valence-electron chi connectivity index (χ2n) is 6.70. The van der Waals surface area contributed by atoms with Gasteiger partial charge >= 0.3 is 0 Å². The average molecular weight is 410 g/mol. The van der Waals surface area contributed by atoms with Gasteiger partial charge in [0, 0.05) is 24.1 Å². The van der Waals surface area contributed by atoms with E-state index in [1.54, 1.807) is 12.1 Å². The summed E-state index contributed by atoms with van der Waals surface area (Å²) in [6, 6.07) is 5.96. The minimum absolute atomic E-state index is 0.0511. The number of benzene rings is 1. The number of nitrogens with zero attached hydrogens (tertiary/aromatic N) is 1. The average Bonchev–Trinajstić information content (AvgIpc) is 3.32. The van der Waals surface area contributed by atoms with Crippen LogP contribution in [-0.2, 0) is 14.8 Å². The number of anilines is 1. The molecule has 0 saturated carbocycles. The molecule has 9 heteroatoms. The molecule has 1 unspecified atom stereocenters. The van der Waals surface area contributed by atoms with Gasteiger partial charge in [-0.2, -0.15) is 0 Å². The predicted octanol–water partition coefficient (Wildman–Crippen LogP) is 2.98. The minimum Gasteiger partial charge on any atom is -0.377 e. The highest BCUT2D eigenvalue weighted by atomic mass is 32.2. The van der Waals surface area contributed by atoms with Gasteiger partial charge in [0.1, 0.15) is 0 Å². The summed E-state index contributed by atoms with van der Waals surface area (Å²) in [6.07, 6.45) is 1.69. The molecule has 1 aromatic heterocycles. The van der Waals surface area contributed by atoms with Crippen molar-refractivity contribution in [2.75, 3.05) is 18.5 Å². The van der Waals surface area contributed by atoms with Gasteiger partial charge in [-0.25, -0.2) is 18.1 Å². The number of carbonyl (C=O) groups excluding carboxylic acids is 1. The summed E-state index contributed by atoms with van der Waals surface area (Å²) in [5.41, 5.74) is 1.17. The summed E-state index contributed by atoms with van der Waals surface area (Å²) < 4.78 is 33.0. The molecule has 0 spiro atoms. The Hall–Kier alpha value is -1.81. The first-order chi connectivity index (χ1) is 12.8. The lowest BCUT2D eigenvalue weighted by Gasteiger charge is -2.12. The lowest BCUT2D eigenvalue weighted by atomic mass is 10.2. The lowest BCUT2D eigenvalue weighted by Crippen LogP contribution is -2.32. The van der Waals surface area contributed by atoms with Gasteiger partial charge in [-0.3, -0.25) is 10.1 Å². The Labute approximate surface area is 163 Å². The van der Waals surface area contributed by atoms with Crippen molar-refractivity contribution in [3.8, 4) is 0 Å². The van der Waals surface area contributed by atoms with Crippen LogP contribution < -0.4 is 10.0 Å². The maximum atomic E-state index is 12.5. The molecule has 1 atom stereocenters. The minimum atomic E-state index is -3.71. The Morgan fingerprint density at radius 2 is 2.22 bits per heavy atom. The number of hydrogen-bond acceptors (Lipinski definition) is 6. The smallest absolute Gasteiger partial charge is 0.257 e. The molecule has 3 rings (SSSR count). The van der Waals surface area contributed by atoms with Gasteiger partial charge in [-0.05, 0) is 37.0 Å². The van der Waals surface area contributed by atoms with Crippen molar-refractivity contribution < 1.29 is 17.9 Å². The van der Waals surface area contributed by atoms with Gasteiger partial charge in [0.25, 0.3) is 5.91 Å². The lowest BCUT2D eigenvalue weighted by molar-refractivity contribution is 0.102. The van der Waals surface area contributed by atoms with E-state index in [1.165, 1.54) is 23.5 Å². The number of sulfonamides is 1. The zero-order valence-corrected chi connectivity index (χ0v) is 16.9. The van der Waals surface area contributed by atoms with Crippen LogP contribution >= 0.6 is 11.3 Å². The van der Waals surface area contributed by atoms with Gasteiger partial charge in [0.15, 0.2) is 5.13 Å². The molecule has 0 radical (unpaired) electrons. The quantitative estimate of drug-likeness (QED) is 0.733. The van der Waals surface area contributed by atoms with Crippen molar-refractivity contribution in [1.82, 2.24) is 9.71 Å². The number of carbonyl (C=O) groups is 1. The summed E-state index contributed by atoms with van der Waals surface area (Å²) in [5, 5.41) is 5.12. The first kappa shape index (κ1) is 19.9. The number of amides is 1. The second-order valence-corrected chi connectivity index (χ2v) is 9.33. The highest BCUT2D eigenvalue weighted by molar-refractivity contribution is 7.89. The summed E-state index contributed by atoms with van der Waals surface area (Å²) >= 11 is 1.35. The number of hydrogen-bond donors (Lipinski definition) is 2. The van der Waals surface area contributed by atoms with Crippen molar-refractivity contribution in [3.05, 3.63) is 40.9 Å². The van der Waals surface area contributed by atoms with E-state index in [4.69, 9.17) is 4.74 Å². The molecule has 1 fully saturated rings. The Morgan fingerprint density at radius 3 is 2.89 bits per heavy atom. The summed E-state index contributed by atoms with van der Waals surface area (Å²) in [6.45, 7) is 4.95. The van der Waals surface area contributed by atoms with Crippen LogP contribution in [-0.4, -0.2) is 38.6 Å². The zero-order chi connectivity index (χ0) is 19.4. The van der Waals surface area contributed by atoms with Crippen LogP contribution in [0.2, 0.25) is 0 Å². The topological polar surface area (TPSA) is 97.4 Å². The van der Waals surface area contributed by atoms with Crippen molar-refractivity contribution in [3.63, 3.8) is 0 Å². The zero-order valence-electron chi connectivity index (χ0n) is 15.3. The molecule has 0 bridgehead atoms. The Kier molecular flexibility index (Phi) is 6.25. The predicted molar refractivity (Wildman–Crippen MR) is 105 cm³/mol. The molecule has 0 aliphatic carbocycles. The highest BCUT2D eigenvalue weighted by Crippen LogP contribution is 2.22. The Balaban J connectivity index is 1.68. The van der Waals surface area contributed by atoms with Gasteiger partial charge in [0.05, 0.1) is 16.7 Å². The van der Waals surface area contributed by atoms with E-state index in [0.29, 0.717) is 11.7 Å². The summed E-state index contributed by atoms with van der Waals surface area (Å²) in [7, 11) is -3.71. The van der Waals surface area contributed by atoms with Gasteiger partial charge in [-0.15, -0.1) is 11.3 Å². The second kappa shape index (κ2) is 8.47. The number of ether oxygens (including phenoxy) is 1. The molecule has 2 heterocycles. The number of thiazole rings is 1. The van der Waals surface area contributed by atoms with Crippen LogP contribution in [0.4, 0.5) is 5.13 Å². The van der Waals surface area contributed by atoms with Crippen LogP contribution in [0.25, 0.3) is 0 Å². The van der Waals surface area contributed by atoms with Gasteiger partial charge in [-0.1, -0.05) is 19.9 Å². The Bertz CT molecular complexity index is 903. The van der Waals surface area contributed by atoms with Crippen LogP contribution in [0.3, 0.4) is 0 Å². The number of rotatable bonds is 7. The van der Waals surface area contributed by atoms with Crippen molar-refractivity contribution >= 4 is 32.4 Å². The van der Waals surface area contributed by atoms with E-state index in [0.717, 1.165) is 18.5 Å². The molecule has 1 amide bonds. The van der Waals surface area contributed by atoms with E-state index >= 15 is 0 Å². The molecule has 27 heavy (non-hydrogen) atoms. The third-order valence-corrected chi connectivity index (χ3v) is 6.46. The molecule has 2 N–H and O–H groups in total. The van der Waals surface area contributed by atoms with Crippen LogP contribution in [0.15, 0.2) is 34.5 Å². The van der Waals surface area contributed by atoms with E-state index < -0.39 is 15.9 Å². The SMILES string of the molecule is CC(C)c1csc(NC(=O)c2cccc(S(=O)(=O)NCC3CCCO3)c2)n1. The van der Waals surface area contributed by atoms with E-state index in [-0.39, 0.29) is 29.0 Å². The van der Waals surface area contributed by atoms with Gasteiger partial charge in [0.2, 0.25) is 10.0 Å². The molecule has 2 aromatic rings. The van der Waals surface area contributed by atoms with Crippen molar-refractivity contribution in [2.45, 2.75) is 43.6 Å². The fourth-order valence-corrected chi connectivity index (χ4v) is 4.65. The van der Waals surface area contributed by atoms with Crippen LogP contribution in [0.1, 0.15) is 48.7 Å². The van der Waals surface area contributed by atoms with Crippen LogP contribution in [0.5, 0.6) is 0 Å². The number of aromatic nitrogens is 1. The largest absolute Gasteiger partial charge is 0.377 e. The Morgan fingerprint density at radius 1 is 1.41 bits per heavy atom.